The van der Waals surface area contributed by atoms with Crippen molar-refractivity contribution in [3.63, 3.8) is 0 Å². The van der Waals surface area contributed by atoms with Gasteiger partial charge in [0.1, 0.15) is 19.0 Å². The van der Waals surface area contributed by atoms with Gasteiger partial charge in [-0.2, -0.15) is 0 Å². The van der Waals surface area contributed by atoms with Gasteiger partial charge in [0, 0.05) is 12.1 Å². The monoisotopic (exact) mass is 478 g/mol. The average molecular weight is 479 g/mol. The molecule has 0 aromatic heterocycles. The molecule has 2 aliphatic rings. The Kier molecular flexibility index (Phi) is 6.90. The van der Waals surface area contributed by atoms with Gasteiger partial charge in [-0.25, -0.2) is 0 Å². The van der Waals surface area contributed by atoms with Gasteiger partial charge < -0.3 is 24.4 Å². The van der Waals surface area contributed by atoms with E-state index in [2.05, 4.69) is 20.8 Å². The maximum atomic E-state index is 13.3. The molecule has 1 N–H and O–H groups in total. The number of fused-ring (bicyclic) bond motifs is 1. The second-order valence-electron chi connectivity index (χ2n) is 10.4. The van der Waals surface area contributed by atoms with Gasteiger partial charge in [-0.1, -0.05) is 45.0 Å². The molecule has 1 amide bonds. The molecule has 7 heteroatoms. The number of Topliss-reactive ketones (excluding diaryl/α,β-unsaturated/α-hetero) is 1. The van der Waals surface area contributed by atoms with Gasteiger partial charge >= 0.3 is 0 Å². The molecule has 35 heavy (non-hydrogen) atoms. The number of hydrogen-bond acceptors (Lipinski definition) is 6. The van der Waals surface area contributed by atoms with E-state index in [1.54, 1.807) is 23.1 Å². The lowest BCUT2D eigenvalue weighted by Crippen LogP contribution is -2.32. The first-order valence-electron chi connectivity index (χ1n) is 12.0. The van der Waals surface area contributed by atoms with Crippen LogP contribution in [0.2, 0.25) is 0 Å². The highest BCUT2D eigenvalue weighted by atomic mass is 16.6. The fraction of sp³-hybridized carbons (Fsp3) is 0.429. The third kappa shape index (κ3) is 5.05. The maximum Gasteiger partial charge on any atom is 0.295 e. The highest BCUT2D eigenvalue weighted by molar-refractivity contribution is 6.46. The lowest BCUT2D eigenvalue weighted by molar-refractivity contribution is -0.139. The highest BCUT2D eigenvalue weighted by Gasteiger charge is 2.46. The molecule has 0 radical (unpaired) electrons. The number of carbonyl (C=O) groups is 2. The maximum absolute atomic E-state index is 13.3. The molecule has 1 fully saturated rings. The Balaban J connectivity index is 1.78. The number of nitrogens with zero attached hydrogens (tertiary/aromatic N) is 2. The number of ether oxygens (including phenoxy) is 2. The lowest BCUT2D eigenvalue weighted by Gasteiger charge is -2.27. The fourth-order valence-electron chi connectivity index (χ4n) is 4.53. The van der Waals surface area contributed by atoms with Gasteiger partial charge in [0.2, 0.25) is 0 Å². The number of ketones is 1. The number of amides is 1. The summed E-state index contributed by atoms with van der Waals surface area (Å²) in [6.45, 7) is 8.47. The van der Waals surface area contributed by atoms with Gasteiger partial charge in [-0.3, -0.25) is 9.59 Å². The van der Waals surface area contributed by atoms with Gasteiger partial charge in [-0.15, -0.1) is 0 Å². The number of hydrogen-bond donors (Lipinski definition) is 1. The molecule has 0 bridgehead atoms. The first-order valence-corrected chi connectivity index (χ1v) is 12.0. The van der Waals surface area contributed by atoms with Crippen molar-refractivity contribution in [1.29, 1.82) is 0 Å². The summed E-state index contributed by atoms with van der Waals surface area (Å²) in [5.41, 5.74) is 2.42. The van der Waals surface area contributed by atoms with Crippen molar-refractivity contribution >= 4 is 17.4 Å². The van der Waals surface area contributed by atoms with Crippen LogP contribution in [0.1, 0.15) is 49.9 Å². The van der Waals surface area contributed by atoms with E-state index < -0.39 is 17.7 Å². The van der Waals surface area contributed by atoms with Crippen LogP contribution in [0.5, 0.6) is 11.5 Å². The Hall–Kier alpha value is -3.32. The Morgan fingerprint density at radius 1 is 1.03 bits per heavy atom. The largest absolute Gasteiger partial charge is 0.507 e. The Labute approximate surface area is 206 Å². The van der Waals surface area contributed by atoms with Crippen LogP contribution >= 0.6 is 0 Å². The van der Waals surface area contributed by atoms with E-state index in [1.165, 1.54) is 0 Å². The standard InChI is InChI=1S/C28H34N2O5/c1-28(2,3)20-10-7-18(8-11-20)24-23(26(32)27(33)30(24)14-6-13-29(4)5)25(31)19-9-12-21-22(17-19)35-16-15-34-21/h7-12,17,24,31H,6,13-16H2,1-5H3/b25-23+/t24-/m0/s1. The molecule has 2 aromatic carbocycles. The summed E-state index contributed by atoms with van der Waals surface area (Å²) < 4.78 is 11.2. The topological polar surface area (TPSA) is 79.3 Å². The minimum absolute atomic E-state index is 0.0305. The molecule has 0 saturated carbocycles. The Morgan fingerprint density at radius 2 is 1.69 bits per heavy atom. The smallest absolute Gasteiger partial charge is 0.295 e. The van der Waals surface area contributed by atoms with E-state index >= 15 is 0 Å². The van der Waals surface area contributed by atoms with Gasteiger partial charge in [0.15, 0.2) is 11.5 Å². The molecule has 2 aliphatic heterocycles. The molecule has 2 heterocycles. The SMILES string of the molecule is CN(C)CCCN1C(=O)C(=O)/C(=C(/O)c2ccc3c(c2)OCCO3)[C@@H]1c1ccc(C(C)(C)C)cc1. The summed E-state index contributed by atoms with van der Waals surface area (Å²) in [6, 6.07) is 12.3. The quantitative estimate of drug-likeness (QED) is 0.382. The van der Waals surface area contributed by atoms with Crippen LogP contribution < -0.4 is 9.47 Å². The second-order valence-corrected chi connectivity index (χ2v) is 10.4. The van der Waals surface area contributed by atoms with Crippen molar-refractivity contribution in [3.05, 3.63) is 64.7 Å². The van der Waals surface area contributed by atoms with Gasteiger partial charge in [0.05, 0.1) is 11.6 Å². The minimum atomic E-state index is -0.674. The van der Waals surface area contributed by atoms with Crippen LogP contribution in [-0.2, 0) is 15.0 Å². The first kappa shape index (κ1) is 24.8. The summed E-state index contributed by atoms with van der Waals surface area (Å²) in [4.78, 5) is 30.0. The van der Waals surface area contributed by atoms with E-state index in [0.29, 0.717) is 43.2 Å². The third-order valence-corrected chi connectivity index (χ3v) is 6.45. The van der Waals surface area contributed by atoms with Crippen LogP contribution in [0, 0.1) is 0 Å². The average Bonchev–Trinajstić information content (AvgIpc) is 3.07. The van der Waals surface area contributed by atoms with Crippen molar-refractivity contribution < 1.29 is 24.2 Å². The molecule has 1 saturated heterocycles. The molecule has 0 unspecified atom stereocenters. The van der Waals surface area contributed by atoms with Crippen molar-refractivity contribution in [2.24, 2.45) is 0 Å². The molecule has 1 atom stereocenters. The van der Waals surface area contributed by atoms with Crippen LogP contribution in [0.3, 0.4) is 0 Å². The zero-order chi connectivity index (χ0) is 25.3. The second kappa shape index (κ2) is 9.74. The first-order chi connectivity index (χ1) is 16.6. The summed E-state index contributed by atoms with van der Waals surface area (Å²) in [5.74, 6) is -0.377. The van der Waals surface area contributed by atoms with Crippen LogP contribution in [0.25, 0.3) is 5.76 Å². The number of benzene rings is 2. The highest BCUT2D eigenvalue weighted by Crippen LogP contribution is 2.41. The Bertz CT molecular complexity index is 1140. The van der Waals surface area contributed by atoms with Gasteiger partial charge in [-0.05, 0) is 61.8 Å². The molecule has 7 nitrogen and oxygen atoms in total. The van der Waals surface area contributed by atoms with E-state index in [9.17, 15) is 14.7 Å². The van der Waals surface area contributed by atoms with Crippen LogP contribution in [0.4, 0.5) is 0 Å². The van der Waals surface area contributed by atoms with Crippen molar-refractivity contribution in [3.8, 4) is 11.5 Å². The summed E-state index contributed by atoms with van der Waals surface area (Å²) in [5, 5.41) is 11.3. The molecule has 0 spiro atoms. The summed E-state index contributed by atoms with van der Waals surface area (Å²) >= 11 is 0. The normalized spacial score (nSPS) is 19.5. The predicted octanol–water partition coefficient (Wildman–Crippen LogP) is 4.13. The number of likely N-dealkylation sites (tertiary alicyclic amines) is 1. The van der Waals surface area contributed by atoms with Crippen molar-refractivity contribution in [2.45, 2.75) is 38.6 Å². The fourth-order valence-corrected chi connectivity index (χ4v) is 4.53. The molecular formula is C28H34N2O5. The molecule has 4 rings (SSSR count). The Morgan fingerprint density at radius 3 is 2.31 bits per heavy atom. The zero-order valence-corrected chi connectivity index (χ0v) is 21.1. The summed E-state index contributed by atoms with van der Waals surface area (Å²) in [7, 11) is 3.94. The zero-order valence-electron chi connectivity index (χ0n) is 21.1. The minimum Gasteiger partial charge on any atom is -0.507 e. The lowest BCUT2D eigenvalue weighted by atomic mass is 9.85. The molecule has 0 aliphatic carbocycles. The third-order valence-electron chi connectivity index (χ3n) is 6.45. The molecular weight excluding hydrogens is 444 g/mol. The van der Waals surface area contributed by atoms with E-state index in [4.69, 9.17) is 9.47 Å². The van der Waals surface area contributed by atoms with Crippen LogP contribution in [0.15, 0.2) is 48.0 Å². The van der Waals surface area contributed by atoms with E-state index in [0.717, 1.165) is 17.7 Å². The predicted molar refractivity (Wildman–Crippen MR) is 135 cm³/mol. The number of aliphatic hydroxyl groups is 1. The number of rotatable bonds is 6. The van der Waals surface area contributed by atoms with Crippen molar-refractivity contribution in [2.75, 3.05) is 40.4 Å². The molecule has 2 aromatic rings. The van der Waals surface area contributed by atoms with E-state index in [-0.39, 0.29) is 16.7 Å². The van der Waals surface area contributed by atoms with Crippen molar-refractivity contribution in [1.82, 2.24) is 9.80 Å². The summed E-state index contributed by atoms with van der Waals surface area (Å²) in [6.07, 6.45) is 0.709. The van der Waals surface area contributed by atoms with Crippen LogP contribution in [-0.4, -0.2) is 67.0 Å². The number of aliphatic hydroxyl groups excluding tert-OH is 1. The number of carbonyl (C=O) groups excluding carboxylic acids is 2. The molecule has 186 valence electrons. The van der Waals surface area contributed by atoms with E-state index in [1.807, 2.05) is 43.3 Å². The van der Waals surface area contributed by atoms with Gasteiger partial charge in [0.25, 0.3) is 11.7 Å².